The van der Waals surface area contributed by atoms with E-state index in [0.717, 1.165) is 16.7 Å². The van der Waals surface area contributed by atoms with Crippen LogP contribution in [-0.2, 0) is 30.3 Å². The van der Waals surface area contributed by atoms with Crippen molar-refractivity contribution >= 4 is 23.9 Å². The molecule has 9 heteroatoms. The first-order valence-electron chi connectivity index (χ1n) is 13.1. The maximum absolute atomic E-state index is 13.9. The molecule has 0 aliphatic rings. The van der Waals surface area contributed by atoms with E-state index in [4.69, 9.17) is 9.47 Å². The molecule has 0 bridgehead atoms. The minimum atomic E-state index is -1.00. The third kappa shape index (κ3) is 9.74. The van der Waals surface area contributed by atoms with Gasteiger partial charge < -0.3 is 25.0 Å². The number of aryl methyl sites for hydroxylation is 1. The molecule has 0 heterocycles. The lowest BCUT2D eigenvalue weighted by Crippen LogP contribution is -2.52. The van der Waals surface area contributed by atoms with E-state index in [1.54, 1.807) is 33.8 Å². The molecule has 39 heavy (non-hydrogen) atoms. The summed E-state index contributed by atoms with van der Waals surface area (Å²) in [7, 11) is 1.54. The van der Waals surface area contributed by atoms with E-state index >= 15 is 0 Å². The molecule has 0 aromatic heterocycles. The Morgan fingerprint density at radius 2 is 1.64 bits per heavy atom. The Labute approximate surface area is 231 Å². The highest BCUT2D eigenvalue weighted by molar-refractivity contribution is 5.92. The summed E-state index contributed by atoms with van der Waals surface area (Å²) in [5.74, 6) is -1.33. The van der Waals surface area contributed by atoms with E-state index in [0.29, 0.717) is 5.56 Å². The van der Waals surface area contributed by atoms with Crippen LogP contribution in [0.4, 0.5) is 4.79 Å². The van der Waals surface area contributed by atoms with Crippen molar-refractivity contribution in [1.82, 2.24) is 15.5 Å². The average Bonchev–Trinajstić information content (AvgIpc) is 2.85. The van der Waals surface area contributed by atoms with Crippen molar-refractivity contribution in [2.45, 2.75) is 72.1 Å². The number of rotatable bonds is 11. The number of esters is 1. The fourth-order valence-electron chi connectivity index (χ4n) is 4.09. The number of hydrogen-bond acceptors (Lipinski definition) is 6. The van der Waals surface area contributed by atoms with Gasteiger partial charge in [-0.15, -0.1) is 0 Å². The molecule has 0 saturated heterocycles. The minimum Gasteiger partial charge on any atom is -0.466 e. The number of alkyl carbamates (subject to hydrolysis) is 1. The van der Waals surface area contributed by atoms with Crippen molar-refractivity contribution in [1.29, 1.82) is 0 Å². The van der Waals surface area contributed by atoms with Gasteiger partial charge in [0.25, 0.3) is 0 Å². The van der Waals surface area contributed by atoms with Crippen LogP contribution in [-0.4, -0.2) is 60.6 Å². The second-order valence-electron chi connectivity index (χ2n) is 10.4. The van der Waals surface area contributed by atoms with Gasteiger partial charge in [0, 0.05) is 20.0 Å². The molecule has 0 aliphatic heterocycles. The number of likely N-dealkylation sites (N-methyl/N-ethyl adjacent to an activating group) is 1. The van der Waals surface area contributed by atoms with Gasteiger partial charge in [-0.25, -0.2) is 4.79 Å². The van der Waals surface area contributed by atoms with E-state index in [1.165, 1.54) is 11.9 Å². The van der Waals surface area contributed by atoms with Crippen molar-refractivity contribution in [3.63, 3.8) is 0 Å². The first-order chi connectivity index (χ1) is 18.3. The molecule has 3 amide bonds. The predicted octanol–water partition coefficient (Wildman–Crippen LogP) is 4.01. The van der Waals surface area contributed by atoms with Gasteiger partial charge in [-0.2, -0.15) is 0 Å². The molecule has 0 aliphatic carbocycles. The fraction of sp³-hybridized carbons (Fsp3) is 0.467. The van der Waals surface area contributed by atoms with Crippen LogP contribution < -0.4 is 10.6 Å². The van der Waals surface area contributed by atoms with Gasteiger partial charge in [-0.05, 0) is 63.8 Å². The van der Waals surface area contributed by atoms with Gasteiger partial charge in [0.15, 0.2) is 0 Å². The first-order valence-corrected chi connectivity index (χ1v) is 13.1. The van der Waals surface area contributed by atoms with Gasteiger partial charge in [-0.3, -0.25) is 14.4 Å². The van der Waals surface area contributed by atoms with Crippen LogP contribution in [0.25, 0.3) is 0 Å². The molecule has 2 unspecified atom stereocenters. The highest BCUT2D eigenvalue weighted by Crippen LogP contribution is 2.26. The summed E-state index contributed by atoms with van der Waals surface area (Å²) in [6.07, 6.45) is -0.520. The Bertz CT molecular complexity index is 1140. The average molecular weight is 540 g/mol. The first kappa shape index (κ1) is 31.3. The SMILES string of the molecule is CCOC(=O)CCNC(=O)C(c1cccc(C)c1C)N(C)C(=O)C(Cc1ccccc1)NC(=O)OC(C)(C)C. The summed E-state index contributed by atoms with van der Waals surface area (Å²) >= 11 is 0. The molecule has 0 spiro atoms. The topological polar surface area (TPSA) is 114 Å². The van der Waals surface area contributed by atoms with Gasteiger partial charge in [-0.1, -0.05) is 48.5 Å². The second kappa shape index (κ2) is 14.3. The molecule has 2 rings (SSSR count). The molecule has 0 saturated carbocycles. The number of carbonyl (C=O) groups excluding carboxylic acids is 4. The number of hydrogen-bond donors (Lipinski definition) is 2. The number of ether oxygens (including phenoxy) is 2. The molecule has 0 fully saturated rings. The summed E-state index contributed by atoms with van der Waals surface area (Å²) in [6.45, 7) is 11.1. The van der Waals surface area contributed by atoms with Gasteiger partial charge >= 0.3 is 12.1 Å². The van der Waals surface area contributed by atoms with Gasteiger partial charge in [0.05, 0.1) is 13.0 Å². The van der Waals surface area contributed by atoms with Crippen LogP contribution in [0.1, 0.15) is 62.4 Å². The second-order valence-corrected chi connectivity index (χ2v) is 10.4. The van der Waals surface area contributed by atoms with Crippen LogP contribution in [0.15, 0.2) is 48.5 Å². The van der Waals surface area contributed by atoms with Crippen molar-refractivity contribution in [2.75, 3.05) is 20.2 Å². The number of nitrogens with zero attached hydrogens (tertiary/aromatic N) is 1. The Hall–Kier alpha value is -3.88. The number of carbonyl (C=O) groups is 4. The predicted molar refractivity (Wildman–Crippen MR) is 149 cm³/mol. The summed E-state index contributed by atoms with van der Waals surface area (Å²) in [5, 5.41) is 5.47. The third-order valence-corrected chi connectivity index (χ3v) is 6.13. The van der Waals surface area contributed by atoms with E-state index in [9.17, 15) is 19.2 Å². The normalized spacial score (nSPS) is 12.6. The largest absolute Gasteiger partial charge is 0.466 e. The van der Waals surface area contributed by atoms with Crippen LogP contribution in [0.5, 0.6) is 0 Å². The zero-order valence-electron chi connectivity index (χ0n) is 24.0. The maximum atomic E-state index is 13.9. The van der Waals surface area contributed by atoms with E-state index in [-0.39, 0.29) is 26.0 Å². The van der Waals surface area contributed by atoms with E-state index < -0.39 is 41.6 Å². The third-order valence-electron chi connectivity index (χ3n) is 6.13. The van der Waals surface area contributed by atoms with Crippen LogP contribution in [0.2, 0.25) is 0 Å². The van der Waals surface area contributed by atoms with Crippen LogP contribution >= 0.6 is 0 Å². The van der Waals surface area contributed by atoms with E-state index in [1.807, 2.05) is 56.3 Å². The smallest absolute Gasteiger partial charge is 0.408 e. The zero-order chi connectivity index (χ0) is 29.2. The lowest BCUT2D eigenvalue weighted by Gasteiger charge is -2.32. The maximum Gasteiger partial charge on any atom is 0.408 e. The molecule has 0 radical (unpaired) electrons. The Kier molecular flexibility index (Phi) is 11.5. The monoisotopic (exact) mass is 539 g/mol. The lowest BCUT2D eigenvalue weighted by atomic mass is 9.95. The van der Waals surface area contributed by atoms with Crippen molar-refractivity contribution in [3.05, 3.63) is 70.8 Å². The molecule has 2 aromatic carbocycles. The fourth-order valence-corrected chi connectivity index (χ4v) is 4.09. The van der Waals surface area contributed by atoms with Gasteiger partial charge in [0.2, 0.25) is 11.8 Å². The van der Waals surface area contributed by atoms with E-state index in [2.05, 4.69) is 10.6 Å². The highest BCUT2D eigenvalue weighted by atomic mass is 16.6. The van der Waals surface area contributed by atoms with Crippen LogP contribution in [0.3, 0.4) is 0 Å². The quantitative estimate of drug-likeness (QED) is 0.417. The van der Waals surface area contributed by atoms with Crippen molar-refractivity contribution < 1.29 is 28.7 Å². The molecule has 2 atom stereocenters. The highest BCUT2D eigenvalue weighted by Gasteiger charge is 2.35. The summed E-state index contributed by atoms with van der Waals surface area (Å²) < 4.78 is 10.4. The minimum absolute atomic E-state index is 0.00753. The Morgan fingerprint density at radius 3 is 2.26 bits per heavy atom. The lowest BCUT2D eigenvalue weighted by molar-refractivity contribution is -0.143. The van der Waals surface area contributed by atoms with Crippen LogP contribution in [0, 0.1) is 13.8 Å². The van der Waals surface area contributed by atoms with Crippen molar-refractivity contribution in [3.8, 4) is 0 Å². The number of nitrogens with one attached hydrogen (secondary N) is 2. The molecule has 2 aromatic rings. The number of benzene rings is 2. The van der Waals surface area contributed by atoms with Gasteiger partial charge in [0.1, 0.15) is 17.7 Å². The molecular formula is C30H41N3O6. The summed E-state index contributed by atoms with van der Waals surface area (Å²) in [4.78, 5) is 53.3. The molecule has 9 nitrogen and oxygen atoms in total. The van der Waals surface area contributed by atoms with Crippen molar-refractivity contribution in [2.24, 2.45) is 0 Å². The zero-order valence-corrected chi connectivity index (χ0v) is 24.0. The molecule has 212 valence electrons. The Morgan fingerprint density at radius 1 is 0.974 bits per heavy atom. The number of amides is 3. The Balaban J connectivity index is 2.39. The molecule has 2 N–H and O–H groups in total. The summed E-state index contributed by atoms with van der Waals surface area (Å²) in [5.41, 5.74) is 2.56. The standard InChI is InChI=1S/C30H41N3O6/c1-8-38-25(34)17-18-31-27(35)26(23-16-12-13-20(2)21(23)3)33(7)28(36)24(19-22-14-10-9-11-15-22)32-29(37)39-30(4,5)6/h9-16,24,26H,8,17-19H2,1-7H3,(H,31,35)(H,32,37). The molecular weight excluding hydrogens is 498 g/mol. The summed E-state index contributed by atoms with van der Waals surface area (Å²) in [6, 6.07) is 12.9.